The molecule has 0 saturated heterocycles. The smallest absolute Gasteiger partial charge is 0.146 e. The summed E-state index contributed by atoms with van der Waals surface area (Å²) in [5, 5.41) is 19.0. The highest BCUT2D eigenvalue weighted by Crippen LogP contribution is 2.18. The van der Waals surface area contributed by atoms with Gasteiger partial charge < -0.3 is 9.67 Å². The van der Waals surface area contributed by atoms with Crippen molar-refractivity contribution in [3.63, 3.8) is 0 Å². The fourth-order valence-electron chi connectivity index (χ4n) is 2.01. The fraction of sp³-hybridized carbons (Fsp3) is 0.429. The van der Waals surface area contributed by atoms with Gasteiger partial charge in [-0.15, -0.1) is 10.2 Å². The van der Waals surface area contributed by atoms with Gasteiger partial charge in [-0.3, -0.25) is 4.90 Å². The first-order valence-electron chi connectivity index (χ1n) is 6.44. The van der Waals surface area contributed by atoms with Gasteiger partial charge in [-0.05, 0) is 31.7 Å². The molecule has 0 amide bonds. The third-order valence-corrected chi connectivity index (χ3v) is 3.55. The molecule has 1 aromatic carbocycles. The molecule has 0 aliphatic rings. The molecular formula is C14H19ClN4O. The van der Waals surface area contributed by atoms with Crippen molar-refractivity contribution in [2.24, 2.45) is 7.05 Å². The first-order chi connectivity index (χ1) is 9.47. The van der Waals surface area contributed by atoms with Crippen molar-refractivity contribution in [1.29, 1.82) is 0 Å². The number of benzene rings is 1. The van der Waals surface area contributed by atoms with Crippen LogP contribution in [0.3, 0.4) is 0 Å². The van der Waals surface area contributed by atoms with Gasteiger partial charge in [0.2, 0.25) is 0 Å². The number of aliphatic hydroxyl groups excluding tert-OH is 1. The van der Waals surface area contributed by atoms with Gasteiger partial charge in [0.25, 0.3) is 0 Å². The van der Waals surface area contributed by atoms with Crippen LogP contribution in [0.15, 0.2) is 24.3 Å². The van der Waals surface area contributed by atoms with Crippen LogP contribution in [-0.2, 0) is 13.6 Å². The molecule has 1 unspecified atom stereocenters. The molecule has 0 saturated carbocycles. The normalized spacial score (nSPS) is 12.9. The average Bonchev–Trinajstić information content (AvgIpc) is 2.70. The Hall–Kier alpha value is -1.43. The van der Waals surface area contributed by atoms with E-state index in [1.54, 1.807) is 12.1 Å². The molecule has 1 heterocycles. The van der Waals surface area contributed by atoms with Gasteiger partial charge in [-0.1, -0.05) is 23.7 Å². The number of likely N-dealkylation sites (N-methyl/N-ethyl adjacent to an activating group) is 1. The van der Waals surface area contributed by atoms with Crippen molar-refractivity contribution in [3.8, 4) is 0 Å². The molecule has 20 heavy (non-hydrogen) atoms. The van der Waals surface area contributed by atoms with E-state index in [4.69, 9.17) is 11.6 Å². The molecule has 2 aromatic rings. The lowest BCUT2D eigenvalue weighted by Crippen LogP contribution is -2.25. The predicted octanol–water partition coefficient (Wildman–Crippen LogP) is 1.94. The van der Waals surface area contributed by atoms with Crippen molar-refractivity contribution >= 4 is 11.6 Å². The Morgan fingerprint density at radius 3 is 2.75 bits per heavy atom. The van der Waals surface area contributed by atoms with E-state index in [2.05, 4.69) is 10.2 Å². The fourth-order valence-corrected chi connectivity index (χ4v) is 2.21. The molecule has 0 radical (unpaired) electrons. The second-order valence-electron chi connectivity index (χ2n) is 4.99. The first-order valence-corrected chi connectivity index (χ1v) is 6.82. The van der Waals surface area contributed by atoms with Crippen LogP contribution in [-0.4, -0.2) is 38.4 Å². The van der Waals surface area contributed by atoms with Crippen molar-refractivity contribution < 1.29 is 5.11 Å². The summed E-state index contributed by atoms with van der Waals surface area (Å²) in [5.41, 5.74) is 0.818. The molecule has 2 rings (SSSR count). The molecule has 0 aliphatic carbocycles. The highest BCUT2D eigenvalue weighted by atomic mass is 35.5. The Morgan fingerprint density at radius 2 is 2.15 bits per heavy atom. The van der Waals surface area contributed by atoms with E-state index in [1.807, 2.05) is 42.6 Å². The molecule has 0 aliphatic heterocycles. The van der Waals surface area contributed by atoms with E-state index in [0.29, 0.717) is 18.1 Å². The Kier molecular flexibility index (Phi) is 4.75. The van der Waals surface area contributed by atoms with E-state index in [0.717, 1.165) is 17.2 Å². The van der Waals surface area contributed by atoms with E-state index < -0.39 is 6.10 Å². The molecule has 1 N–H and O–H groups in total. The number of aliphatic hydroxyl groups is 1. The van der Waals surface area contributed by atoms with Crippen LogP contribution in [0.4, 0.5) is 0 Å². The van der Waals surface area contributed by atoms with E-state index >= 15 is 0 Å². The number of nitrogens with zero attached hydrogens (tertiary/aromatic N) is 4. The standard InChI is InChI=1S/C14H19ClN4O/c1-10-16-17-14(19(10)3)9-18(2)8-13(20)11-5-4-6-12(15)7-11/h4-7,13,20H,8-9H2,1-3H3. The third kappa shape index (κ3) is 3.56. The number of rotatable bonds is 5. The van der Waals surface area contributed by atoms with Crippen LogP contribution < -0.4 is 0 Å². The van der Waals surface area contributed by atoms with Crippen molar-refractivity contribution in [3.05, 3.63) is 46.5 Å². The Balaban J connectivity index is 1.97. The molecule has 6 heteroatoms. The number of aromatic nitrogens is 3. The topological polar surface area (TPSA) is 54.2 Å². The van der Waals surface area contributed by atoms with Crippen LogP contribution >= 0.6 is 11.6 Å². The van der Waals surface area contributed by atoms with Crippen molar-refractivity contribution in [2.45, 2.75) is 19.6 Å². The summed E-state index contributed by atoms with van der Waals surface area (Å²) < 4.78 is 1.95. The van der Waals surface area contributed by atoms with Gasteiger partial charge in [0.05, 0.1) is 12.6 Å². The van der Waals surface area contributed by atoms with Crippen LogP contribution in [0, 0.1) is 6.92 Å². The molecule has 0 spiro atoms. The van der Waals surface area contributed by atoms with Gasteiger partial charge in [0.15, 0.2) is 0 Å². The maximum Gasteiger partial charge on any atom is 0.146 e. The molecule has 108 valence electrons. The zero-order valence-corrected chi connectivity index (χ0v) is 12.7. The number of halogens is 1. The first kappa shape index (κ1) is 15.0. The Morgan fingerprint density at radius 1 is 1.40 bits per heavy atom. The van der Waals surface area contributed by atoms with Gasteiger partial charge in [-0.25, -0.2) is 0 Å². The van der Waals surface area contributed by atoms with Crippen LogP contribution in [0.25, 0.3) is 0 Å². The summed E-state index contributed by atoms with van der Waals surface area (Å²) in [6.07, 6.45) is -0.576. The van der Waals surface area contributed by atoms with Crippen molar-refractivity contribution in [1.82, 2.24) is 19.7 Å². The summed E-state index contributed by atoms with van der Waals surface area (Å²) in [5.74, 6) is 1.76. The highest BCUT2D eigenvalue weighted by molar-refractivity contribution is 6.30. The molecule has 1 atom stereocenters. The summed E-state index contributed by atoms with van der Waals surface area (Å²) >= 11 is 5.93. The number of hydrogen-bond acceptors (Lipinski definition) is 4. The Bertz CT molecular complexity index is 584. The number of aryl methyl sites for hydroxylation is 1. The van der Waals surface area contributed by atoms with Gasteiger partial charge >= 0.3 is 0 Å². The van der Waals surface area contributed by atoms with Crippen LogP contribution in [0.1, 0.15) is 23.3 Å². The molecular weight excluding hydrogens is 276 g/mol. The minimum atomic E-state index is -0.576. The molecule has 0 fully saturated rings. The summed E-state index contributed by atoms with van der Waals surface area (Å²) in [6, 6.07) is 7.29. The quantitative estimate of drug-likeness (QED) is 0.916. The summed E-state index contributed by atoms with van der Waals surface area (Å²) in [6.45, 7) is 3.05. The minimum absolute atomic E-state index is 0.506. The zero-order chi connectivity index (χ0) is 14.7. The van der Waals surface area contributed by atoms with Crippen LogP contribution in [0.2, 0.25) is 5.02 Å². The molecule has 5 nitrogen and oxygen atoms in total. The van der Waals surface area contributed by atoms with Gasteiger partial charge in [0, 0.05) is 18.6 Å². The maximum atomic E-state index is 10.2. The van der Waals surface area contributed by atoms with E-state index in [1.165, 1.54) is 0 Å². The lowest BCUT2D eigenvalue weighted by molar-refractivity contribution is 0.122. The van der Waals surface area contributed by atoms with E-state index in [-0.39, 0.29) is 0 Å². The van der Waals surface area contributed by atoms with Crippen molar-refractivity contribution in [2.75, 3.05) is 13.6 Å². The second-order valence-corrected chi connectivity index (χ2v) is 5.43. The largest absolute Gasteiger partial charge is 0.387 e. The van der Waals surface area contributed by atoms with Crippen LogP contribution in [0.5, 0.6) is 0 Å². The monoisotopic (exact) mass is 294 g/mol. The summed E-state index contributed by atoms with van der Waals surface area (Å²) in [7, 11) is 3.88. The number of hydrogen-bond donors (Lipinski definition) is 1. The average molecular weight is 295 g/mol. The molecule has 0 bridgehead atoms. The second kappa shape index (κ2) is 6.35. The highest BCUT2D eigenvalue weighted by Gasteiger charge is 2.14. The minimum Gasteiger partial charge on any atom is -0.387 e. The lowest BCUT2D eigenvalue weighted by Gasteiger charge is -2.20. The predicted molar refractivity (Wildman–Crippen MR) is 78.5 cm³/mol. The summed E-state index contributed by atoms with van der Waals surface area (Å²) in [4.78, 5) is 2.01. The zero-order valence-electron chi connectivity index (χ0n) is 11.9. The Labute approximate surface area is 123 Å². The maximum absolute atomic E-state index is 10.2. The molecule has 1 aromatic heterocycles. The van der Waals surface area contributed by atoms with E-state index in [9.17, 15) is 5.11 Å². The van der Waals surface area contributed by atoms with Gasteiger partial charge in [-0.2, -0.15) is 0 Å². The third-order valence-electron chi connectivity index (χ3n) is 3.31. The SMILES string of the molecule is Cc1nnc(CN(C)CC(O)c2cccc(Cl)c2)n1C. The van der Waals surface area contributed by atoms with Gasteiger partial charge in [0.1, 0.15) is 11.6 Å². The lowest BCUT2D eigenvalue weighted by atomic mass is 10.1.